The third-order valence-electron chi connectivity index (χ3n) is 4.16. The summed E-state index contributed by atoms with van der Waals surface area (Å²) in [4.78, 5) is 16.4. The van der Waals surface area contributed by atoms with Crippen molar-refractivity contribution < 1.29 is 18.7 Å². The number of hydrogen-bond donors (Lipinski definition) is 2. The van der Waals surface area contributed by atoms with Gasteiger partial charge in [0.25, 0.3) is 5.91 Å². The number of alkyl halides is 1. The molecular formula is C17H15ClF2N2O2. The molecule has 2 aromatic rings. The smallest absolute Gasteiger partial charge is 0.262 e. The standard InChI is InChI=1S/C17H15ClF2N2O2/c18-11-4-3-10(13(19)8-11)9-22-16(24)17(20)6-5-14(23)15-12(17)2-1-7-21-15/h1-4,7-8,14,23H,5-6,9H2,(H,22,24)/t14-,17+/m1/s1. The zero-order chi connectivity index (χ0) is 17.3. The third-order valence-corrected chi connectivity index (χ3v) is 4.39. The summed E-state index contributed by atoms with van der Waals surface area (Å²) in [5.74, 6) is -1.45. The van der Waals surface area contributed by atoms with Crippen LogP contribution in [0, 0.1) is 5.82 Å². The summed E-state index contributed by atoms with van der Waals surface area (Å²) >= 11 is 5.68. The van der Waals surface area contributed by atoms with Crippen LogP contribution in [0.2, 0.25) is 5.02 Å². The second kappa shape index (κ2) is 6.45. The van der Waals surface area contributed by atoms with E-state index in [1.165, 1.54) is 30.5 Å². The van der Waals surface area contributed by atoms with Crippen molar-refractivity contribution in [1.82, 2.24) is 10.3 Å². The number of nitrogens with zero attached hydrogens (tertiary/aromatic N) is 1. The van der Waals surface area contributed by atoms with Gasteiger partial charge in [0.05, 0.1) is 11.8 Å². The lowest BCUT2D eigenvalue weighted by molar-refractivity contribution is -0.135. The van der Waals surface area contributed by atoms with Crippen LogP contribution in [0.5, 0.6) is 0 Å². The minimum Gasteiger partial charge on any atom is -0.387 e. The molecule has 1 heterocycles. The largest absolute Gasteiger partial charge is 0.387 e. The summed E-state index contributed by atoms with van der Waals surface area (Å²) in [6, 6.07) is 7.01. The molecule has 0 unspecified atom stereocenters. The highest BCUT2D eigenvalue weighted by atomic mass is 35.5. The summed E-state index contributed by atoms with van der Waals surface area (Å²) in [6.07, 6.45) is 0.464. The molecule has 1 amide bonds. The van der Waals surface area contributed by atoms with Gasteiger partial charge in [-0.05, 0) is 31.0 Å². The van der Waals surface area contributed by atoms with Crippen molar-refractivity contribution in [3.63, 3.8) is 0 Å². The molecule has 2 atom stereocenters. The summed E-state index contributed by atoms with van der Waals surface area (Å²) < 4.78 is 29.1. The molecule has 0 fully saturated rings. The summed E-state index contributed by atoms with van der Waals surface area (Å²) in [5.41, 5.74) is -1.87. The Labute approximate surface area is 142 Å². The molecule has 2 N–H and O–H groups in total. The first kappa shape index (κ1) is 16.8. The van der Waals surface area contributed by atoms with Crippen LogP contribution in [0.1, 0.15) is 35.8 Å². The SMILES string of the molecule is O=C(NCc1ccc(Cl)cc1F)[C@]1(F)CC[C@@H](O)c2ncccc21. The molecule has 0 saturated carbocycles. The normalized spacial score (nSPS) is 22.8. The Balaban J connectivity index is 1.81. The van der Waals surface area contributed by atoms with Gasteiger partial charge in [-0.15, -0.1) is 0 Å². The van der Waals surface area contributed by atoms with Crippen molar-refractivity contribution in [2.24, 2.45) is 0 Å². The zero-order valence-corrected chi connectivity index (χ0v) is 13.4. The minimum atomic E-state index is -2.30. The maximum atomic E-state index is 15.3. The Kier molecular flexibility index (Phi) is 4.51. The highest BCUT2D eigenvalue weighted by molar-refractivity contribution is 6.30. The molecule has 0 saturated heterocycles. The van der Waals surface area contributed by atoms with E-state index >= 15 is 4.39 Å². The number of amides is 1. The fraction of sp³-hybridized carbons (Fsp3) is 0.294. The molecule has 0 aliphatic heterocycles. The second-order valence-corrected chi connectivity index (χ2v) is 6.15. The lowest BCUT2D eigenvalue weighted by atomic mass is 9.81. The number of pyridine rings is 1. The topological polar surface area (TPSA) is 62.2 Å². The molecule has 24 heavy (non-hydrogen) atoms. The van der Waals surface area contributed by atoms with E-state index < -0.39 is 23.5 Å². The predicted octanol–water partition coefficient (Wildman–Crippen LogP) is 3.18. The van der Waals surface area contributed by atoms with Crippen molar-refractivity contribution in [2.45, 2.75) is 31.2 Å². The predicted molar refractivity (Wildman–Crippen MR) is 84.5 cm³/mol. The number of aliphatic hydroxyl groups excluding tert-OH is 1. The minimum absolute atomic E-state index is 0.0535. The second-order valence-electron chi connectivity index (χ2n) is 5.71. The van der Waals surface area contributed by atoms with E-state index in [1.807, 2.05) is 0 Å². The van der Waals surface area contributed by atoms with Crippen molar-refractivity contribution >= 4 is 17.5 Å². The third kappa shape index (κ3) is 2.99. The Bertz CT molecular complexity index is 787. The van der Waals surface area contributed by atoms with Gasteiger partial charge in [-0.1, -0.05) is 23.7 Å². The van der Waals surface area contributed by atoms with Crippen LogP contribution < -0.4 is 5.32 Å². The average molecular weight is 353 g/mol. The molecule has 1 aromatic carbocycles. The van der Waals surface area contributed by atoms with E-state index in [4.69, 9.17) is 11.6 Å². The molecule has 0 radical (unpaired) electrons. The fourth-order valence-corrected chi connectivity index (χ4v) is 3.00. The molecule has 4 nitrogen and oxygen atoms in total. The van der Waals surface area contributed by atoms with Crippen molar-refractivity contribution in [3.8, 4) is 0 Å². The Morgan fingerprint density at radius 2 is 2.25 bits per heavy atom. The van der Waals surface area contributed by atoms with Crippen molar-refractivity contribution in [1.29, 1.82) is 0 Å². The number of carbonyl (C=O) groups excluding carboxylic acids is 1. The van der Waals surface area contributed by atoms with Gasteiger partial charge in [0.1, 0.15) is 5.82 Å². The Morgan fingerprint density at radius 3 is 3.00 bits per heavy atom. The molecule has 1 aliphatic rings. The fourth-order valence-electron chi connectivity index (χ4n) is 2.84. The number of fused-ring (bicyclic) bond motifs is 1. The Hall–Kier alpha value is -2.05. The van der Waals surface area contributed by atoms with Gasteiger partial charge < -0.3 is 10.4 Å². The number of halogens is 3. The maximum Gasteiger partial charge on any atom is 0.262 e. The highest BCUT2D eigenvalue weighted by Gasteiger charge is 2.46. The molecule has 0 bridgehead atoms. The monoisotopic (exact) mass is 352 g/mol. The van der Waals surface area contributed by atoms with E-state index in [1.54, 1.807) is 0 Å². The zero-order valence-electron chi connectivity index (χ0n) is 12.6. The molecule has 7 heteroatoms. The van der Waals surface area contributed by atoms with E-state index in [0.29, 0.717) is 0 Å². The number of aliphatic hydroxyl groups is 1. The van der Waals surface area contributed by atoms with Crippen molar-refractivity contribution in [2.75, 3.05) is 0 Å². The molecule has 1 aliphatic carbocycles. The van der Waals surface area contributed by atoms with Gasteiger partial charge in [-0.2, -0.15) is 0 Å². The Morgan fingerprint density at radius 1 is 1.46 bits per heavy atom. The number of aromatic nitrogens is 1. The molecule has 1 aromatic heterocycles. The number of benzene rings is 1. The van der Waals surface area contributed by atoms with Crippen molar-refractivity contribution in [3.05, 3.63) is 64.2 Å². The van der Waals surface area contributed by atoms with Gasteiger partial charge in [-0.3, -0.25) is 9.78 Å². The van der Waals surface area contributed by atoms with Crippen LogP contribution in [-0.4, -0.2) is 16.0 Å². The van der Waals surface area contributed by atoms with E-state index in [-0.39, 0.29) is 41.2 Å². The highest BCUT2D eigenvalue weighted by Crippen LogP contribution is 2.42. The van der Waals surface area contributed by atoms with Crippen LogP contribution in [0.15, 0.2) is 36.5 Å². The average Bonchev–Trinajstić information content (AvgIpc) is 2.57. The van der Waals surface area contributed by atoms with Crippen LogP contribution in [0.3, 0.4) is 0 Å². The van der Waals surface area contributed by atoms with Gasteiger partial charge in [0.2, 0.25) is 5.67 Å². The van der Waals surface area contributed by atoms with E-state index in [9.17, 15) is 14.3 Å². The first-order valence-corrected chi connectivity index (χ1v) is 7.84. The quantitative estimate of drug-likeness (QED) is 0.891. The molecule has 3 rings (SSSR count). The van der Waals surface area contributed by atoms with Gasteiger partial charge in [-0.25, -0.2) is 8.78 Å². The van der Waals surface area contributed by atoms with Gasteiger partial charge in [0.15, 0.2) is 0 Å². The first-order chi connectivity index (χ1) is 11.4. The summed E-state index contributed by atoms with van der Waals surface area (Å²) in [6.45, 7) is -0.161. The van der Waals surface area contributed by atoms with Crippen LogP contribution in [0.25, 0.3) is 0 Å². The lowest BCUT2D eigenvalue weighted by Gasteiger charge is -2.32. The molecule has 0 spiro atoms. The summed E-state index contributed by atoms with van der Waals surface area (Å²) in [7, 11) is 0. The number of carbonyl (C=O) groups is 1. The summed E-state index contributed by atoms with van der Waals surface area (Å²) in [5, 5.41) is 12.6. The first-order valence-electron chi connectivity index (χ1n) is 7.46. The van der Waals surface area contributed by atoms with Gasteiger partial charge in [0, 0.05) is 28.9 Å². The molecular weight excluding hydrogens is 338 g/mol. The number of nitrogens with one attached hydrogen (secondary N) is 1. The number of rotatable bonds is 3. The van der Waals surface area contributed by atoms with E-state index in [2.05, 4.69) is 10.3 Å². The van der Waals surface area contributed by atoms with Crippen LogP contribution in [0.4, 0.5) is 8.78 Å². The van der Waals surface area contributed by atoms with Crippen LogP contribution >= 0.6 is 11.6 Å². The van der Waals surface area contributed by atoms with E-state index in [0.717, 1.165) is 6.07 Å². The van der Waals surface area contributed by atoms with Gasteiger partial charge >= 0.3 is 0 Å². The lowest BCUT2D eigenvalue weighted by Crippen LogP contribution is -2.44. The molecule has 126 valence electrons. The maximum absolute atomic E-state index is 15.3. The van der Waals surface area contributed by atoms with Crippen LogP contribution in [-0.2, 0) is 17.0 Å². The number of hydrogen-bond acceptors (Lipinski definition) is 3.